The lowest BCUT2D eigenvalue weighted by molar-refractivity contribution is 0.0571. The van der Waals surface area contributed by atoms with Gasteiger partial charge in [0, 0.05) is 37.4 Å². The summed E-state index contributed by atoms with van der Waals surface area (Å²) in [7, 11) is 0. The van der Waals surface area contributed by atoms with Crippen molar-refractivity contribution in [2.24, 2.45) is 0 Å². The minimum absolute atomic E-state index is 0.0627. The van der Waals surface area contributed by atoms with E-state index in [9.17, 15) is 19.7 Å². The summed E-state index contributed by atoms with van der Waals surface area (Å²) in [6.07, 6.45) is 4.38. The molecule has 0 radical (unpaired) electrons. The van der Waals surface area contributed by atoms with E-state index in [2.05, 4.69) is 15.2 Å². The number of aromatic nitrogens is 1. The van der Waals surface area contributed by atoms with Crippen LogP contribution in [-0.4, -0.2) is 64.2 Å². The van der Waals surface area contributed by atoms with Crippen LogP contribution < -0.4 is 5.32 Å². The van der Waals surface area contributed by atoms with Crippen molar-refractivity contribution in [2.45, 2.75) is 25.8 Å². The van der Waals surface area contributed by atoms with Gasteiger partial charge in [0.05, 0.1) is 11.1 Å². The fourth-order valence-corrected chi connectivity index (χ4v) is 4.46. The maximum atomic E-state index is 14.3. The maximum absolute atomic E-state index is 14.3. The molecule has 0 saturated carbocycles. The number of aliphatic hydroxyl groups is 1. The number of aliphatic hydroxyl groups excluding tert-OH is 1. The lowest BCUT2D eigenvalue weighted by Crippen LogP contribution is -2.52. The number of halogens is 1. The zero-order chi connectivity index (χ0) is 23.5. The van der Waals surface area contributed by atoms with Crippen molar-refractivity contribution < 1.29 is 14.3 Å². The van der Waals surface area contributed by atoms with E-state index in [0.29, 0.717) is 24.4 Å². The van der Waals surface area contributed by atoms with Crippen molar-refractivity contribution in [3.63, 3.8) is 0 Å². The predicted octanol–water partition coefficient (Wildman–Crippen LogP) is 3.30. The first-order valence-electron chi connectivity index (χ1n) is 10.8. The van der Waals surface area contributed by atoms with Crippen molar-refractivity contribution in [1.82, 2.24) is 14.8 Å². The second kappa shape index (κ2) is 9.38. The Bertz CT molecular complexity index is 1150. The summed E-state index contributed by atoms with van der Waals surface area (Å²) in [4.78, 5) is 21.4. The van der Waals surface area contributed by atoms with Gasteiger partial charge in [-0.15, -0.1) is 0 Å². The smallest absolute Gasteiger partial charge is 0.255 e. The summed E-state index contributed by atoms with van der Waals surface area (Å²) in [5.74, 6) is -1.00. The molecule has 0 spiro atoms. The SMILES string of the molecule is Cc1c(/C(C=[N-])=C(\O)Nc2ccc(C(=O)N3CCN4CCC[C@@H]4C3)cn2)ccc(C#N)c1F. The topological polar surface area (TPSA) is 115 Å². The molecule has 1 atom stereocenters. The summed E-state index contributed by atoms with van der Waals surface area (Å²) in [5.41, 5.74) is 0.592. The van der Waals surface area contributed by atoms with Crippen molar-refractivity contribution in [3.8, 4) is 6.07 Å². The highest BCUT2D eigenvalue weighted by Gasteiger charge is 2.32. The summed E-state index contributed by atoms with van der Waals surface area (Å²) >= 11 is 0. The molecule has 4 rings (SSSR count). The van der Waals surface area contributed by atoms with Crippen LogP contribution in [0.2, 0.25) is 0 Å². The number of nitrogens with zero attached hydrogens (tertiary/aromatic N) is 5. The molecule has 0 aliphatic carbocycles. The molecule has 170 valence electrons. The van der Waals surface area contributed by atoms with Crippen LogP contribution in [0.25, 0.3) is 11.0 Å². The molecule has 2 fully saturated rings. The van der Waals surface area contributed by atoms with Gasteiger partial charge in [0.15, 0.2) is 5.88 Å². The van der Waals surface area contributed by atoms with Gasteiger partial charge in [0.25, 0.3) is 5.91 Å². The number of rotatable bonds is 5. The summed E-state index contributed by atoms with van der Waals surface area (Å²) in [6, 6.07) is 8.08. The Morgan fingerprint density at radius 2 is 2.15 bits per heavy atom. The second-order valence-electron chi connectivity index (χ2n) is 8.24. The number of allylic oxidation sites excluding steroid dienone is 1. The molecule has 2 saturated heterocycles. The molecular formula is C24H24FN6O2-. The predicted molar refractivity (Wildman–Crippen MR) is 123 cm³/mol. The Labute approximate surface area is 191 Å². The number of nitriles is 1. The molecule has 8 nitrogen and oxygen atoms in total. The van der Waals surface area contributed by atoms with Crippen LogP contribution in [0.3, 0.4) is 0 Å². The van der Waals surface area contributed by atoms with Gasteiger partial charge in [-0.05, 0) is 55.6 Å². The quantitative estimate of drug-likeness (QED) is 0.537. The molecule has 1 aromatic carbocycles. The number of nitrogens with one attached hydrogen (secondary N) is 1. The lowest BCUT2D eigenvalue weighted by Gasteiger charge is -2.37. The van der Waals surface area contributed by atoms with E-state index in [1.165, 1.54) is 31.7 Å². The van der Waals surface area contributed by atoms with Gasteiger partial charge in [-0.2, -0.15) is 11.5 Å². The largest absolute Gasteiger partial charge is 0.810 e. The van der Waals surface area contributed by atoms with Crippen LogP contribution in [0.15, 0.2) is 36.3 Å². The Morgan fingerprint density at radius 1 is 1.33 bits per heavy atom. The van der Waals surface area contributed by atoms with Crippen molar-refractivity contribution in [1.29, 1.82) is 5.26 Å². The molecule has 2 aliphatic rings. The second-order valence-corrected chi connectivity index (χ2v) is 8.24. The summed E-state index contributed by atoms with van der Waals surface area (Å²) in [5, 5.41) is 31.8. The van der Waals surface area contributed by atoms with E-state index >= 15 is 0 Å². The van der Waals surface area contributed by atoms with E-state index in [0.717, 1.165) is 26.1 Å². The number of carbonyl (C=O) groups excluding carboxylic acids is 1. The van der Waals surface area contributed by atoms with Gasteiger partial charge >= 0.3 is 0 Å². The van der Waals surface area contributed by atoms with Gasteiger partial charge < -0.3 is 20.7 Å². The highest BCUT2D eigenvalue weighted by Crippen LogP contribution is 2.25. The number of fused-ring (bicyclic) bond motifs is 1. The first kappa shape index (κ1) is 22.4. The number of anilines is 1. The van der Waals surface area contributed by atoms with Gasteiger partial charge in [0.2, 0.25) is 0 Å². The monoisotopic (exact) mass is 447 g/mol. The van der Waals surface area contributed by atoms with Crippen LogP contribution in [0, 0.1) is 24.1 Å². The van der Waals surface area contributed by atoms with Gasteiger partial charge in [0.1, 0.15) is 17.7 Å². The fourth-order valence-electron chi connectivity index (χ4n) is 4.46. The van der Waals surface area contributed by atoms with E-state index < -0.39 is 11.7 Å². The zero-order valence-electron chi connectivity index (χ0n) is 18.3. The van der Waals surface area contributed by atoms with Crippen molar-refractivity contribution in [2.75, 3.05) is 31.5 Å². The third kappa shape index (κ3) is 4.43. The zero-order valence-corrected chi connectivity index (χ0v) is 18.3. The van der Waals surface area contributed by atoms with Crippen molar-refractivity contribution in [3.05, 3.63) is 69.8 Å². The molecule has 2 aromatic rings. The minimum atomic E-state index is -0.721. The Morgan fingerprint density at radius 3 is 2.85 bits per heavy atom. The van der Waals surface area contributed by atoms with Gasteiger partial charge in [-0.3, -0.25) is 9.69 Å². The molecule has 1 aromatic heterocycles. The standard InChI is InChI=1S/C24H24FN6O2/c1-15-19(6-4-16(11-26)22(15)25)20(12-27)23(32)29-21-7-5-17(13-28-21)24(33)31-10-9-30-8-2-3-18(30)14-31/h4-7,12-13,18,32H,2-3,8-10,14H2,1H3,(H,28,29)/q-1/b23-20-/t18-/m1/s1. The summed E-state index contributed by atoms with van der Waals surface area (Å²) in [6.45, 7) is 4.85. The average molecular weight is 447 g/mol. The Balaban J connectivity index is 1.49. The number of hydrogen-bond donors (Lipinski definition) is 2. The molecule has 2 aliphatic heterocycles. The Hall–Kier alpha value is -3.77. The molecule has 0 bridgehead atoms. The number of carbonyl (C=O) groups is 1. The van der Waals surface area contributed by atoms with Crippen LogP contribution in [0.4, 0.5) is 10.2 Å². The third-order valence-corrected chi connectivity index (χ3v) is 6.31. The van der Waals surface area contributed by atoms with Crippen LogP contribution in [0.5, 0.6) is 0 Å². The number of piperazine rings is 1. The first-order valence-corrected chi connectivity index (χ1v) is 10.8. The average Bonchev–Trinajstić information content (AvgIpc) is 3.30. The third-order valence-electron chi connectivity index (χ3n) is 6.31. The fraction of sp³-hybridized carbons (Fsp3) is 0.333. The highest BCUT2D eigenvalue weighted by atomic mass is 19.1. The lowest BCUT2D eigenvalue weighted by atomic mass is 9.98. The van der Waals surface area contributed by atoms with E-state index in [1.807, 2.05) is 4.90 Å². The van der Waals surface area contributed by atoms with Crippen LogP contribution in [-0.2, 0) is 0 Å². The maximum Gasteiger partial charge on any atom is 0.255 e. The number of benzene rings is 1. The molecule has 1 amide bonds. The molecule has 33 heavy (non-hydrogen) atoms. The normalized spacial score (nSPS) is 18.8. The minimum Gasteiger partial charge on any atom is -0.810 e. The molecule has 3 heterocycles. The number of hydrogen-bond acceptors (Lipinski definition) is 6. The molecule has 9 heteroatoms. The van der Waals surface area contributed by atoms with Gasteiger partial charge in [-0.1, -0.05) is 6.07 Å². The van der Waals surface area contributed by atoms with Crippen LogP contribution >= 0.6 is 0 Å². The van der Waals surface area contributed by atoms with E-state index in [-0.39, 0.29) is 34.0 Å². The van der Waals surface area contributed by atoms with E-state index in [4.69, 9.17) is 5.26 Å². The summed E-state index contributed by atoms with van der Waals surface area (Å²) < 4.78 is 14.3. The number of pyridine rings is 1. The van der Waals surface area contributed by atoms with Crippen LogP contribution in [0.1, 0.15) is 39.9 Å². The number of amides is 1. The van der Waals surface area contributed by atoms with Gasteiger partial charge in [-0.25, -0.2) is 9.37 Å². The molecule has 0 unspecified atom stereocenters. The molecular weight excluding hydrogens is 423 g/mol. The first-order chi connectivity index (χ1) is 15.9. The van der Waals surface area contributed by atoms with E-state index in [1.54, 1.807) is 18.2 Å². The molecule has 2 N–H and O–H groups in total. The highest BCUT2D eigenvalue weighted by molar-refractivity contribution is 6.13. The Kier molecular flexibility index (Phi) is 6.38. The van der Waals surface area contributed by atoms with Crippen molar-refractivity contribution >= 4 is 23.5 Å².